The smallest absolute Gasteiger partial charge is 0.263 e. The Morgan fingerprint density at radius 2 is 1.85 bits per heavy atom. The van der Waals surface area contributed by atoms with Crippen LogP contribution in [0.15, 0.2) is 12.1 Å². The molecule has 0 saturated carbocycles. The number of aromatic nitrogens is 5. The Morgan fingerprint density at radius 3 is 2.41 bits per heavy atom. The minimum Gasteiger partial charge on any atom is -0.367 e. The maximum atomic E-state index is 12.1. The molecule has 0 atom stereocenters. The zero-order chi connectivity index (χ0) is 19.6. The summed E-state index contributed by atoms with van der Waals surface area (Å²) < 4.78 is 1.79. The van der Waals surface area contributed by atoms with E-state index in [-0.39, 0.29) is 5.91 Å². The highest BCUT2D eigenvalue weighted by atomic mass is 32.1. The molecular weight excluding hydrogens is 362 g/mol. The Morgan fingerprint density at radius 1 is 1.07 bits per heavy atom. The summed E-state index contributed by atoms with van der Waals surface area (Å²) in [5.74, 6) is 1.23. The molecule has 27 heavy (non-hydrogen) atoms. The van der Waals surface area contributed by atoms with Gasteiger partial charge in [0.25, 0.3) is 5.91 Å². The molecule has 1 amide bonds. The third-order valence-corrected chi connectivity index (χ3v) is 5.42. The van der Waals surface area contributed by atoms with Crippen molar-refractivity contribution in [1.82, 2.24) is 30.3 Å². The lowest BCUT2D eigenvalue weighted by atomic mass is 10.2. The van der Waals surface area contributed by atoms with Gasteiger partial charge in [-0.3, -0.25) is 4.79 Å². The van der Waals surface area contributed by atoms with Crippen molar-refractivity contribution in [3.63, 3.8) is 0 Å². The second kappa shape index (κ2) is 7.83. The maximum absolute atomic E-state index is 12.1. The van der Waals surface area contributed by atoms with Gasteiger partial charge in [0, 0.05) is 18.8 Å². The van der Waals surface area contributed by atoms with E-state index in [1.807, 2.05) is 46.8 Å². The van der Waals surface area contributed by atoms with Crippen molar-refractivity contribution in [2.75, 3.05) is 18.4 Å². The number of carbonyl (C=O) groups is 1. The maximum Gasteiger partial charge on any atom is 0.263 e. The van der Waals surface area contributed by atoms with Crippen molar-refractivity contribution in [2.24, 2.45) is 0 Å². The fourth-order valence-electron chi connectivity index (χ4n) is 2.67. The summed E-state index contributed by atoms with van der Waals surface area (Å²) in [6.45, 7) is 10.8. The first-order chi connectivity index (χ1) is 12.9. The third-order valence-electron chi connectivity index (χ3n) is 4.35. The molecule has 0 aliphatic heterocycles. The number of carbonyl (C=O) groups excluding carboxylic acids is 1. The molecule has 0 aliphatic rings. The number of hydrogen-bond acceptors (Lipinski definition) is 7. The summed E-state index contributed by atoms with van der Waals surface area (Å²) in [6, 6.07) is 3.73. The molecular formula is C18H23N7OS. The quantitative estimate of drug-likeness (QED) is 0.633. The van der Waals surface area contributed by atoms with Gasteiger partial charge in [-0.1, -0.05) is 0 Å². The molecule has 3 rings (SSSR count). The van der Waals surface area contributed by atoms with Gasteiger partial charge in [-0.15, -0.1) is 21.5 Å². The van der Waals surface area contributed by atoms with E-state index in [0.717, 1.165) is 27.7 Å². The van der Waals surface area contributed by atoms with Gasteiger partial charge in [0.15, 0.2) is 5.82 Å². The summed E-state index contributed by atoms with van der Waals surface area (Å²) in [7, 11) is 0. The Hall–Kier alpha value is -2.81. The first-order valence-electron chi connectivity index (χ1n) is 8.70. The van der Waals surface area contributed by atoms with Crippen LogP contribution >= 0.6 is 11.3 Å². The number of aryl methyl sites for hydroxylation is 3. The molecule has 9 heteroatoms. The summed E-state index contributed by atoms with van der Waals surface area (Å²) in [6.07, 6.45) is 0. The highest BCUT2D eigenvalue weighted by Crippen LogP contribution is 2.17. The van der Waals surface area contributed by atoms with Crippen LogP contribution in [0.25, 0.3) is 5.82 Å². The largest absolute Gasteiger partial charge is 0.367 e. The molecule has 0 aliphatic carbocycles. The normalized spacial score (nSPS) is 10.9. The van der Waals surface area contributed by atoms with Gasteiger partial charge in [-0.2, -0.15) is 5.10 Å². The Labute approximate surface area is 162 Å². The van der Waals surface area contributed by atoms with Crippen LogP contribution < -0.4 is 10.6 Å². The predicted molar refractivity (Wildman–Crippen MR) is 106 cm³/mol. The Balaban J connectivity index is 1.52. The lowest BCUT2D eigenvalue weighted by Crippen LogP contribution is -2.28. The number of nitrogens with one attached hydrogen (secondary N) is 2. The van der Waals surface area contributed by atoms with E-state index < -0.39 is 0 Å². The molecule has 3 aromatic heterocycles. The zero-order valence-corrected chi connectivity index (χ0v) is 16.9. The molecule has 0 unspecified atom stereocenters. The van der Waals surface area contributed by atoms with E-state index in [4.69, 9.17) is 0 Å². The average molecular weight is 385 g/mol. The van der Waals surface area contributed by atoms with Gasteiger partial charge < -0.3 is 10.6 Å². The number of thiazole rings is 1. The third kappa shape index (κ3) is 4.13. The van der Waals surface area contributed by atoms with E-state index in [2.05, 4.69) is 30.9 Å². The molecule has 2 N–H and O–H groups in total. The van der Waals surface area contributed by atoms with Crippen molar-refractivity contribution in [1.29, 1.82) is 0 Å². The standard InChI is InChI=1S/C18H23N7OS/c1-10-11(2)24-25(13(10)4)16-7-6-15(22-23-16)19-8-9-20-18(26)17-12(3)21-14(5)27-17/h6-7H,8-9H2,1-5H3,(H,19,22)(H,20,26). The van der Waals surface area contributed by atoms with E-state index >= 15 is 0 Å². The SMILES string of the molecule is Cc1nc(C)c(C(=O)NCCNc2ccc(-n3nc(C)c(C)c3C)nn2)s1. The van der Waals surface area contributed by atoms with Crippen molar-refractivity contribution < 1.29 is 4.79 Å². The predicted octanol–water partition coefficient (Wildman–Crippen LogP) is 2.50. The number of anilines is 1. The number of rotatable bonds is 6. The number of hydrogen-bond donors (Lipinski definition) is 2. The molecule has 0 spiro atoms. The molecule has 0 fully saturated rings. The number of amides is 1. The van der Waals surface area contributed by atoms with Crippen LogP contribution in [0.1, 0.15) is 37.3 Å². The fraction of sp³-hybridized carbons (Fsp3) is 0.389. The van der Waals surface area contributed by atoms with Gasteiger partial charge in [-0.25, -0.2) is 9.67 Å². The monoisotopic (exact) mass is 385 g/mol. The molecule has 0 bridgehead atoms. The first-order valence-corrected chi connectivity index (χ1v) is 9.51. The van der Waals surface area contributed by atoms with Crippen LogP contribution in [-0.2, 0) is 0 Å². The van der Waals surface area contributed by atoms with Crippen LogP contribution in [0.4, 0.5) is 5.82 Å². The molecule has 0 saturated heterocycles. The second-order valence-corrected chi connectivity index (χ2v) is 7.52. The molecule has 3 aromatic rings. The van der Waals surface area contributed by atoms with Crippen LogP contribution in [0.3, 0.4) is 0 Å². The first kappa shape index (κ1) is 19.0. The molecule has 0 radical (unpaired) electrons. The van der Waals surface area contributed by atoms with Gasteiger partial charge in [0.2, 0.25) is 0 Å². The van der Waals surface area contributed by atoms with E-state index in [9.17, 15) is 4.79 Å². The fourth-order valence-corrected chi connectivity index (χ4v) is 3.50. The van der Waals surface area contributed by atoms with E-state index in [1.165, 1.54) is 11.3 Å². The van der Waals surface area contributed by atoms with Crippen molar-refractivity contribution in [2.45, 2.75) is 34.6 Å². The lowest BCUT2D eigenvalue weighted by molar-refractivity contribution is 0.0958. The average Bonchev–Trinajstić information content (AvgIpc) is 3.12. The summed E-state index contributed by atoms with van der Waals surface area (Å²) in [5, 5.41) is 19.8. The zero-order valence-electron chi connectivity index (χ0n) is 16.1. The highest BCUT2D eigenvalue weighted by Gasteiger charge is 2.13. The van der Waals surface area contributed by atoms with Crippen LogP contribution in [0.2, 0.25) is 0 Å². The van der Waals surface area contributed by atoms with E-state index in [0.29, 0.717) is 29.6 Å². The second-order valence-electron chi connectivity index (χ2n) is 6.31. The van der Waals surface area contributed by atoms with Crippen LogP contribution in [0, 0.1) is 34.6 Å². The van der Waals surface area contributed by atoms with Gasteiger partial charge >= 0.3 is 0 Å². The molecule has 142 valence electrons. The van der Waals surface area contributed by atoms with Gasteiger partial charge in [-0.05, 0) is 52.3 Å². The van der Waals surface area contributed by atoms with Crippen molar-refractivity contribution >= 4 is 23.1 Å². The molecule has 3 heterocycles. The Bertz CT molecular complexity index is 959. The topological polar surface area (TPSA) is 97.6 Å². The van der Waals surface area contributed by atoms with Gasteiger partial charge in [0.1, 0.15) is 10.7 Å². The number of nitrogens with zero attached hydrogens (tertiary/aromatic N) is 5. The lowest BCUT2D eigenvalue weighted by Gasteiger charge is -2.08. The molecule has 8 nitrogen and oxygen atoms in total. The summed E-state index contributed by atoms with van der Waals surface area (Å²) in [5.41, 5.74) is 3.96. The summed E-state index contributed by atoms with van der Waals surface area (Å²) >= 11 is 1.41. The van der Waals surface area contributed by atoms with Crippen LogP contribution in [-0.4, -0.2) is 44.0 Å². The minimum absolute atomic E-state index is 0.0961. The van der Waals surface area contributed by atoms with Crippen LogP contribution in [0.5, 0.6) is 0 Å². The minimum atomic E-state index is -0.0961. The highest BCUT2D eigenvalue weighted by molar-refractivity contribution is 7.13. The van der Waals surface area contributed by atoms with Gasteiger partial charge in [0.05, 0.1) is 16.4 Å². The molecule has 0 aromatic carbocycles. The Kier molecular flexibility index (Phi) is 5.50. The van der Waals surface area contributed by atoms with E-state index in [1.54, 1.807) is 4.68 Å². The van der Waals surface area contributed by atoms with Crippen molar-refractivity contribution in [3.05, 3.63) is 44.7 Å². The summed E-state index contributed by atoms with van der Waals surface area (Å²) in [4.78, 5) is 17.1. The van der Waals surface area contributed by atoms with Crippen molar-refractivity contribution in [3.8, 4) is 5.82 Å².